The number of rotatable bonds is 0. The lowest BCUT2D eigenvalue weighted by Crippen LogP contribution is -2.05. The number of phenolic OH excluding ortho intramolecular Hbond substituents is 1. The average Bonchev–Trinajstić information content (AvgIpc) is 1.92. The Balaban J connectivity index is 3.26. The highest BCUT2D eigenvalue weighted by Crippen LogP contribution is 2.38. The minimum Gasteiger partial charge on any atom is -0.507 e. The lowest BCUT2D eigenvalue weighted by atomic mass is 10.2. The van der Waals surface area contributed by atoms with Crippen molar-refractivity contribution < 1.29 is 18.3 Å². The van der Waals surface area contributed by atoms with Crippen LogP contribution in [0.4, 0.5) is 13.2 Å². The van der Waals surface area contributed by atoms with Crippen molar-refractivity contribution in [3.8, 4) is 5.75 Å². The Hall–Kier alpha value is -0.710. The van der Waals surface area contributed by atoms with E-state index < -0.39 is 17.5 Å². The minimum atomic E-state index is -4.43. The van der Waals surface area contributed by atoms with Gasteiger partial charge in [-0.25, -0.2) is 0 Å². The molecule has 0 saturated carbocycles. The molecular formula is C7H4BrF3O. The van der Waals surface area contributed by atoms with Crippen molar-refractivity contribution in [1.29, 1.82) is 0 Å². The molecule has 0 radical (unpaired) electrons. The summed E-state index contributed by atoms with van der Waals surface area (Å²) in [5.74, 6) is -0.412. The fourth-order valence-electron chi connectivity index (χ4n) is 0.739. The summed E-state index contributed by atoms with van der Waals surface area (Å²) in [4.78, 5) is 0. The number of hydrogen-bond acceptors (Lipinski definition) is 1. The summed E-state index contributed by atoms with van der Waals surface area (Å²) in [7, 11) is 0. The molecule has 1 rings (SSSR count). The average molecular weight is 241 g/mol. The van der Waals surface area contributed by atoms with Gasteiger partial charge in [0.05, 0.1) is 10.0 Å². The van der Waals surface area contributed by atoms with Crippen molar-refractivity contribution in [2.45, 2.75) is 6.18 Å². The van der Waals surface area contributed by atoms with Gasteiger partial charge in [0.1, 0.15) is 5.75 Å². The van der Waals surface area contributed by atoms with Gasteiger partial charge in [0, 0.05) is 0 Å². The molecule has 12 heavy (non-hydrogen) atoms. The molecule has 0 fully saturated rings. The van der Waals surface area contributed by atoms with Gasteiger partial charge in [-0.15, -0.1) is 0 Å². The van der Waals surface area contributed by atoms with Crippen molar-refractivity contribution in [2.24, 2.45) is 0 Å². The number of aromatic hydroxyl groups is 1. The minimum absolute atomic E-state index is 0.322. The first-order valence-electron chi connectivity index (χ1n) is 2.97. The number of phenols is 1. The summed E-state index contributed by atoms with van der Waals surface area (Å²) in [5.41, 5.74) is -0.873. The van der Waals surface area contributed by atoms with Crippen LogP contribution in [0.5, 0.6) is 5.75 Å². The largest absolute Gasteiger partial charge is 0.507 e. The number of benzene rings is 1. The molecule has 0 bridgehead atoms. The van der Waals surface area contributed by atoms with Gasteiger partial charge in [0.15, 0.2) is 0 Å². The maximum atomic E-state index is 12.1. The summed E-state index contributed by atoms with van der Waals surface area (Å²) in [6.45, 7) is 0. The van der Waals surface area contributed by atoms with Crippen LogP contribution in [0.2, 0.25) is 0 Å². The van der Waals surface area contributed by atoms with Gasteiger partial charge in [-0.05, 0) is 28.1 Å². The fraction of sp³-hybridized carbons (Fsp3) is 0.143. The van der Waals surface area contributed by atoms with Gasteiger partial charge in [0.25, 0.3) is 0 Å². The van der Waals surface area contributed by atoms with Gasteiger partial charge >= 0.3 is 6.18 Å². The van der Waals surface area contributed by atoms with Crippen LogP contribution in [0.15, 0.2) is 22.7 Å². The molecule has 0 saturated heterocycles. The van der Waals surface area contributed by atoms with E-state index in [9.17, 15) is 13.2 Å². The lowest BCUT2D eigenvalue weighted by molar-refractivity contribution is -0.138. The molecule has 0 heterocycles. The van der Waals surface area contributed by atoms with Gasteiger partial charge in [-0.1, -0.05) is 6.07 Å². The van der Waals surface area contributed by atoms with Crippen LogP contribution < -0.4 is 0 Å². The molecule has 0 aliphatic rings. The van der Waals surface area contributed by atoms with Crippen LogP contribution in [0.3, 0.4) is 0 Å². The van der Waals surface area contributed by atoms with E-state index in [0.717, 1.165) is 12.1 Å². The Bertz CT molecular complexity index is 295. The predicted molar refractivity (Wildman–Crippen MR) is 40.8 cm³/mol. The first kappa shape index (κ1) is 9.38. The van der Waals surface area contributed by atoms with E-state index in [1.807, 2.05) is 0 Å². The Kier molecular flexibility index (Phi) is 2.32. The molecule has 1 aromatic rings. The van der Waals surface area contributed by atoms with Crippen molar-refractivity contribution in [3.63, 3.8) is 0 Å². The molecule has 0 spiro atoms. The number of halogens is 4. The smallest absolute Gasteiger partial charge is 0.417 e. The molecule has 0 amide bonds. The highest BCUT2D eigenvalue weighted by molar-refractivity contribution is 9.10. The molecule has 0 atom stereocenters. The zero-order chi connectivity index (χ0) is 9.35. The van der Waals surface area contributed by atoms with Crippen molar-refractivity contribution >= 4 is 15.9 Å². The third-order valence-corrected chi connectivity index (χ3v) is 2.12. The van der Waals surface area contributed by atoms with Crippen LogP contribution in [0.25, 0.3) is 0 Å². The third-order valence-electron chi connectivity index (χ3n) is 1.28. The summed E-state index contributed by atoms with van der Waals surface area (Å²) in [6.07, 6.45) is -4.43. The van der Waals surface area contributed by atoms with E-state index in [1.54, 1.807) is 0 Å². The Labute approximate surface area is 75.0 Å². The van der Waals surface area contributed by atoms with Gasteiger partial charge in [-0.2, -0.15) is 13.2 Å². The zero-order valence-electron chi connectivity index (χ0n) is 5.69. The van der Waals surface area contributed by atoms with Gasteiger partial charge in [-0.3, -0.25) is 0 Å². The molecular weight excluding hydrogens is 237 g/mol. The molecule has 0 aliphatic carbocycles. The van der Waals surface area contributed by atoms with Crippen LogP contribution in [0, 0.1) is 0 Å². The monoisotopic (exact) mass is 240 g/mol. The molecule has 0 aliphatic heterocycles. The molecule has 1 nitrogen and oxygen atoms in total. The molecule has 5 heteroatoms. The van der Waals surface area contributed by atoms with Crippen molar-refractivity contribution in [3.05, 3.63) is 28.2 Å². The molecule has 0 unspecified atom stereocenters. The first-order chi connectivity index (χ1) is 5.43. The number of hydrogen-bond donors (Lipinski definition) is 1. The lowest BCUT2D eigenvalue weighted by Gasteiger charge is -2.08. The second-order valence-electron chi connectivity index (χ2n) is 2.14. The summed E-state index contributed by atoms with van der Waals surface area (Å²) >= 11 is 2.65. The van der Waals surface area contributed by atoms with Crippen LogP contribution in [-0.2, 0) is 6.18 Å². The normalized spacial score (nSPS) is 11.7. The van der Waals surface area contributed by atoms with Crippen molar-refractivity contribution in [2.75, 3.05) is 0 Å². The standard InChI is InChI=1S/C7H4BrF3O/c8-6-4(7(9,10)11)2-1-3-5(6)12/h1-3,12H. The van der Waals surface area contributed by atoms with E-state index in [1.165, 1.54) is 6.07 Å². The van der Waals surface area contributed by atoms with Crippen molar-refractivity contribution in [1.82, 2.24) is 0 Å². The SMILES string of the molecule is Oc1cccc(C(F)(F)F)c1Br. The Morgan fingerprint density at radius 2 is 1.83 bits per heavy atom. The maximum absolute atomic E-state index is 12.1. The zero-order valence-corrected chi connectivity index (χ0v) is 7.28. The van der Waals surface area contributed by atoms with Gasteiger partial charge in [0.2, 0.25) is 0 Å². The first-order valence-corrected chi connectivity index (χ1v) is 3.77. The topological polar surface area (TPSA) is 20.2 Å². The summed E-state index contributed by atoms with van der Waals surface area (Å²) < 4.78 is 35.9. The third kappa shape index (κ3) is 1.72. The highest BCUT2D eigenvalue weighted by Gasteiger charge is 2.33. The molecule has 1 aromatic carbocycles. The maximum Gasteiger partial charge on any atom is 0.417 e. The van der Waals surface area contributed by atoms with E-state index in [0.29, 0.717) is 0 Å². The summed E-state index contributed by atoms with van der Waals surface area (Å²) in [5, 5.41) is 8.92. The molecule has 0 aromatic heterocycles. The number of alkyl halides is 3. The van der Waals surface area contributed by atoms with Gasteiger partial charge < -0.3 is 5.11 Å². The fourth-order valence-corrected chi connectivity index (χ4v) is 1.23. The molecule has 66 valence electrons. The van der Waals surface area contributed by atoms with Crippen LogP contribution >= 0.6 is 15.9 Å². The highest BCUT2D eigenvalue weighted by atomic mass is 79.9. The second kappa shape index (κ2) is 2.97. The van der Waals surface area contributed by atoms with Crippen LogP contribution in [-0.4, -0.2) is 5.11 Å². The van der Waals surface area contributed by atoms with E-state index in [-0.39, 0.29) is 4.47 Å². The second-order valence-corrected chi connectivity index (χ2v) is 2.93. The predicted octanol–water partition coefficient (Wildman–Crippen LogP) is 3.17. The van der Waals surface area contributed by atoms with E-state index >= 15 is 0 Å². The Morgan fingerprint density at radius 1 is 1.25 bits per heavy atom. The Morgan fingerprint density at radius 3 is 2.25 bits per heavy atom. The summed E-state index contributed by atoms with van der Waals surface area (Å²) in [6, 6.07) is 3.21. The quantitative estimate of drug-likeness (QED) is 0.739. The van der Waals surface area contributed by atoms with Crippen LogP contribution in [0.1, 0.15) is 5.56 Å². The van der Waals surface area contributed by atoms with E-state index in [4.69, 9.17) is 5.11 Å². The molecule has 1 N–H and O–H groups in total. The van der Waals surface area contributed by atoms with E-state index in [2.05, 4.69) is 15.9 Å².